The molecule has 2 aromatic heterocycles. The predicted octanol–water partition coefficient (Wildman–Crippen LogP) is 3.05. The van der Waals surface area contributed by atoms with E-state index in [0.717, 1.165) is 29.8 Å². The fourth-order valence-corrected chi connectivity index (χ4v) is 3.74. The van der Waals surface area contributed by atoms with Gasteiger partial charge in [-0.25, -0.2) is 9.37 Å². The lowest BCUT2D eigenvalue weighted by Crippen LogP contribution is -2.51. The number of benzene rings is 1. The van der Waals surface area contributed by atoms with E-state index in [-0.39, 0.29) is 17.8 Å². The summed E-state index contributed by atoms with van der Waals surface area (Å²) in [6.45, 7) is 3.15. The topological polar surface area (TPSA) is 79.2 Å². The van der Waals surface area contributed by atoms with Crippen molar-refractivity contribution >= 4 is 23.4 Å². The lowest BCUT2D eigenvalue weighted by atomic mass is 10.1. The lowest BCUT2D eigenvalue weighted by Gasteiger charge is -2.38. The molecule has 0 fully saturated rings. The van der Waals surface area contributed by atoms with E-state index in [1.54, 1.807) is 36.5 Å². The molecular weight excluding hydrogens is 397 g/mol. The van der Waals surface area contributed by atoms with E-state index in [1.807, 2.05) is 22.8 Å². The fourth-order valence-electron chi connectivity index (χ4n) is 3.74. The van der Waals surface area contributed by atoms with Gasteiger partial charge >= 0.3 is 0 Å². The number of anilines is 3. The van der Waals surface area contributed by atoms with Gasteiger partial charge in [-0.3, -0.25) is 9.48 Å². The van der Waals surface area contributed by atoms with Crippen LogP contribution in [0.2, 0.25) is 0 Å². The van der Waals surface area contributed by atoms with Crippen molar-refractivity contribution in [3.05, 3.63) is 59.8 Å². The van der Waals surface area contributed by atoms with Crippen LogP contribution in [0.25, 0.3) is 0 Å². The molecule has 1 aliphatic rings. The Bertz CT molecular complexity index is 1070. The highest BCUT2D eigenvalue weighted by Gasteiger charge is 2.35. The van der Waals surface area contributed by atoms with Crippen LogP contribution in [0.15, 0.2) is 42.9 Å². The largest absolute Gasteiger partial charge is 0.350 e. The third-order valence-corrected chi connectivity index (χ3v) is 5.49. The van der Waals surface area contributed by atoms with Crippen LogP contribution in [0.4, 0.5) is 21.8 Å². The number of amides is 1. The Morgan fingerprint density at radius 2 is 1.90 bits per heavy atom. The maximum absolute atomic E-state index is 13.1. The Morgan fingerprint density at radius 3 is 2.65 bits per heavy atom. The van der Waals surface area contributed by atoms with Gasteiger partial charge in [0.05, 0.1) is 18.9 Å². The zero-order valence-corrected chi connectivity index (χ0v) is 17.9. The average molecular weight is 423 g/mol. The fraction of sp³-hybridized carbons (Fsp3) is 0.364. The highest BCUT2D eigenvalue weighted by Crippen LogP contribution is 2.33. The second kappa shape index (κ2) is 8.71. The van der Waals surface area contributed by atoms with Gasteiger partial charge in [0, 0.05) is 32.4 Å². The smallest absolute Gasteiger partial charge is 0.249 e. The molecule has 0 radical (unpaired) electrons. The van der Waals surface area contributed by atoms with Crippen molar-refractivity contribution in [2.75, 3.05) is 29.2 Å². The molecule has 0 saturated carbocycles. The monoisotopic (exact) mass is 423 g/mol. The van der Waals surface area contributed by atoms with Gasteiger partial charge in [0.15, 0.2) is 5.82 Å². The molecule has 162 valence electrons. The summed E-state index contributed by atoms with van der Waals surface area (Å²) in [6.07, 6.45) is 7.09. The number of likely N-dealkylation sites (N-methyl/N-ethyl adjacent to an activating group) is 2. The van der Waals surface area contributed by atoms with Crippen LogP contribution in [0.1, 0.15) is 30.9 Å². The first-order valence-corrected chi connectivity index (χ1v) is 10.3. The van der Waals surface area contributed by atoms with Crippen LogP contribution in [0, 0.1) is 5.82 Å². The minimum absolute atomic E-state index is 0.0646. The van der Waals surface area contributed by atoms with Crippen molar-refractivity contribution in [3.8, 4) is 0 Å². The second-order valence-corrected chi connectivity index (χ2v) is 7.74. The summed E-state index contributed by atoms with van der Waals surface area (Å²) in [5.41, 5.74) is 2.66. The van der Waals surface area contributed by atoms with Crippen molar-refractivity contribution in [2.24, 2.45) is 0 Å². The van der Waals surface area contributed by atoms with Gasteiger partial charge < -0.3 is 15.1 Å². The lowest BCUT2D eigenvalue weighted by molar-refractivity contribution is -0.120. The third kappa shape index (κ3) is 4.35. The standard InChI is InChI=1S/C22H26FN7O/c1-4-5-18-21(31)29(3)19-12-25-22(27-20(19)28(18)2)24-10-16-11-26-30(14-16)13-15-6-8-17(23)9-7-15/h6-9,11-12,14,18H,4-5,10,13H2,1-3H3,(H,24,25,27)/t18-/m1/s1. The average Bonchev–Trinajstić information content (AvgIpc) is 3.22. The van der Waals surface area contributed by atoms with E-state index in [1.165, 1.54) is 12.1 Å². The quantitative estimate of drug-likeness (QED) is 0.629. The molecule has 0 unspecified atom stereocenters. The predicted molar refractivity (Wildman–Crippen MR) is 118 cm³/mol. The van der Waals surface area contributed by atoms with Crippen molar-refractivity contribution in [3.63, 3.8) is 0 Å². The molecule has 3 heterocycles. The summed E-state index contributed by atoms with van der Waals surface area (Å²) in [5.74, 6) is 1.05. The number of hydrogen-bond acceptors (Lipinski definition) is 6. The number of aromatic nitrogens is 4. The second-order valence-electron chi connectivity index (χ2n) is 7.74. The minimum Gasteiger partial charge on any atom is -0.350 e. The third-order valence-electron chi connectivity index (χ3n) is 5.49. The van der Waals surface area contributed by atoms with E-state index in [2.05, 4.69) is 27.3 Å². The molecule has 1 aliphatic heterocycles. The van der Waals surface area contributed by atoms with Crippen LogP contribution in [-0.4, -0.2) is 45.8 Å². The summed E-state index contributed by atoms with van der Waals surface area (Å²) < 4.78 is 14.9. The number of nitrogens with one attached hydrogen (secondary N) is 1. The molecule has 9 heteroatoms. The van der Waals surface area contributed by atoms with Gasteiger partial charge in [0.25, 0.3) is 0 Å². The Hall–Kier alpha value is -3.49. The Balaban J connectivity index is 1.44. The molecule has 0 bridgehead atoms. The summed E-state index contributed by atoms with van der Waals surface area (Å²) in [5, 5.41) is 7.60. The maximum atomic E-state index is 13.1. The molecule has 1 N–H and O–H groups in total. The van der Waals surface area contributed by atoms with Gasteiger partial charge in [-0.1, -0.05) is 25.5 Å². The first-order chi connectivity index (χ1) is 15.0. The van der Waals surface area contributed by atoms with Crippen LogP contribution in [-0.2, 0) is 17.9 Å². The molecule has 1 atom stereocenters. The van der Waals surface area contributed by atoms with Crippen molar-refractivity contribution in [1.82, 2.24) is 19.7 Å². The highest BCUT2D eigenvalue weighted by atomic mass is 19.1. The molecule has 4 rings (SSSR count). The molecule has 0 spiro atoms. The number of halogens is 1. The van der Waals surface area contributed by atoms with Crippen molar-refractivity contribution in [2.45, 2.75) is 38.9 Å². The van der Waals surface area contributed by atoms with Crippen LogP contribution in [0.3, 0.4) is 0 Å². The molecule has 3 aromatic rings. The number of rotatable bonds is 7. The molecular formula is C22H26FN7O. The molecule has 8 nitrogen and oxygen atoms in total. The SMILES string of the molecule is CCC[C@@H]1C(=O)N(C)c2cnc(NCc3cnn(Cc4ccc(F)cc4)c3)nc2N1C. The first-order valence-electron chi connectivity index (χ1n) is 10.3. The number of carbonyl (C=O) groups is 1. The summed E-state index contributed by atoms with van der Waals surface area (Å²) in [4.78, 5) is 25.2. The first kappa shape index (κ1) is 20.8. The molecule has 31 heavy (non-hydrogen) atoms. The van der Waals surface area contributed by atoms with Crippen LogP contribution >= 0.6 is 0 Å². The molecule has 1 aromatic carbocycles. The zero-order chi connectivity index (χ0) is 22.0. The van der Waals surface area contributed by atoms with E-state index >= 15 is 0 Å². The molecule has 0 saturated heterocycles. The maximum Gasteiger partial charge on any atom is 0.249 e. The number of hydrogen-bond donors (Lipinski definition) is 1. The Morgan fingerprint density at radius 1 is 1.13 bits per heavy atom. The zero-order valence-electron chi connectivity index (χ0n) is 17.9. The van der Waals surface area contributed by atoms with Gasteiger partial charge in [-0.15, -0.1) is 0 Å². The summed E-state index contributed by atoms with van der Waals surface area (Å²) in [6, 6.07) is 6.18. The van der Waals surface area contributed by atoms with Crippen LogP contribution in [0.5, 0.6) is 0 Å². The highest BCUT2D eigenvalue weighted by molar-refractivity contribution is 6.04. The van der Waals surface area contributed by atoms with E-state index in [9.17, 15) is 9.18 Å². The van der Waals surface area contributed by atoms with E-state index in [4.69, 9.17) is 0 Å². The summed E-state index contributed by atoms with van der Waals surface area (Å²) in [7, 11) is 3.67. The van der Waals surface area contributed by atoms with Crippen molar-refractivity contribution < 1.29 is 9.18 Å². The minimum atomic E-state index is -0.249. The number of fused-ring (bicyclic) bond motifs is 1. The van der Waals surface area contributed by atoms with Crippen molar-refractivity contribution in [1.29, 1.82) is 0 Å². The van der Waals surface area contributed by atoms with Gasteiger partial charge in [0.2, 0.25) is 11.9 Å². The Labute approximate surface area is 180 Å². The number of carbonyl (C=O) groups excluding carboxylic acids is 1. The van der Waals surface area contributed by atoms with Crippen LogP contribution < -0.4 is 15.1 Å². The molecule has 0 aliphatic carbocycles. The van der Waals surface area contributed by atoms with Gasteiger partial charge in [0.1, 0.15) is 17.5 Å². The Kier molecular flexibility index (Phi) is 5.83. The summed E-state index contributed by atoms with van der Waals surface area (Å²) >= 11 is 0. The van der Waals surface area contributed by atoms with Gasteiger partial charge in [-0.2, -0.15) is 10.1 Å². The van der Waals surface area contributed by atoms with E-state index < -0.39 is 0 Å². The van der Waals surface area contributed by atoms with Gasteiger partial charge in [-0.05, 0) is 24.1 Å². The normalized spacial score (nSPS) is 15.9. The van der Waals surface area contributed by atoms with E-state index in [0.29, 0.717) is 24.7 Å². The number of nitrogens with zero attached hydrogens (tertiary/aromatic N) is 6. The molecule has 1 amide bonds.